The topological polar surface area (TPSA) is 9.23 Å². The third-order valence-corrected chi connectivity index (χ3v) is 4.14. The average Bonchev–Trinajstić information content (AvgIpc) is 2.48. The minimum Gasteiger partial charge on any atom is -0.377 e. The number of halogens is 1. The Kier molecular flexibility index (Phi) is 5.78. The van der Waals surface area contributed by atoms with E-state index in [1.165, 1.54) is 18.4 Å². The first-order chi connectivity index (χ1) is 9.74. The van der Waals surface area contributed by atoms with Gasteiger partial charge in [-0.3, -0.25) is 0 Å². The Labute approximate surface area is 121 Å². The van der Waals surface area contributed by atoms with Crippen LogP contribution in [0.15, 0.2) is 47.4 Å². The molecule has 0 saturated carbocycles. The van der Waals surface area contributed by atoms with E-state index in [1.807, 2.05) is 12.2 Å². The fourth-order valence-electron chi connectivity index (χ4n) is 2.82. The first-order valence-corrected chi connectivity index (χ1v) is 7.71. The van der Waals surface area contributed by atoms with Crippen LogP contribution in [0, 0.1) is 5.92 Å². The Morgan fingerprint density at radius 3 is 2.70 bits per heavy atom. The highest BCUT2D eigenvalue weighted by molar-refractivity contribution is 5.37. The van der Waals surface area contributed by atoms with Gasteiger partial charge in [-0.25, -0.2) is 4.39 Å². The van der Waals surface area contributed by atoms with E-state index >= 15 is 0 Å². The lowest BCUT2D eigenvalue weighted by Gasteiger charge is -2.23. The zero-order chi connectivity index (χ0) is 14.4. The van der Waals surface area contributed by atoms with Gasteiger partial charge in [0.25, 0.3) is 0 Å². The zero-order valence-electron chi connectivity index (χ0n) is 12.6. The smallest absolute Gasteiger partial charge is 0.108 e. The Hall–Kier alpha value is -1.15. The Bertz CT molecular complexity index is 442. The molecule has 2 unspecified atom stereocenters. The maximum atomic E-state index is 14.3. The minimum absolute atomic E-state index is 0.0192. The van der Waals surface area contributed by atoms with E-state index in [4.69, 9.17) is 4.74 Å². The second kappa shape index (κ2) is 7.58. The maximum absolute atomic E-state index is 14.3. The number of methoxy groups -OCH3 is 1. The molecule has 2 atom stereocenters. The highest BCUT2D eigenvalue weighted by atomic mass is 19.1. The molecule has 0 aromatic carbocycles. The predicted molar refractivity (Wildman–Crippen MR) is 82.2 cm³/mol. The number of hydrogen-bond donors (Lipinski definition) is 0. The van der Waals surface area contributed by atoms with Crippen LogP contribution in [-0.4, -0.2) is 13.2 Å². The number of ether oxygens (including phenoxy) is 1. The summed E-state index contributed by atoms with van der Waals surface area (Å²) in [4.78, 5) is 0. The van der Waals surface area contributed by atoms with Crippen molar-refractivity contribution in [3.63, 3.8) is 0 Å². The summed E-state index contributed by atoms with van der Waals surface area (Å²) >= 11 is 0. The van der Waals surface area contributed by atoms with Gasteiger partial charge in [0.15, 0.2) is 0 Å². The molecule has 20 heavy (non-hydrogen) atoms. The molecule has 0 amide bonds. The van der Waals surface area contributed by atoms with Crippen molar-refractivity contribution in [3.05, 3.63) is 47.4 Å². The molecule has 0 spiro atoms. The van der Waals surface area contributed by atoms with Crippen LogP contribution in [0.1, 0.15) is 45.4 Å². The number of allylic oxidation sites excluding steroid dienone is 6. The van der Waals surface area contributed by atoms with Gasteiger partial charge < -0.3 is 4.74 Å². The summed E-state index contributed by atoms with van der Waals surface area (Å²) in [5.74, 6) is -0.0650. The van der Waals surface area contributed by atoms with Crippen molar-refractivity contribution < 1.29 is 9.13 Å². The van der Waals surface area contributed by atoms with Gasteiger partial charge in [-0.1, -0.05) is 44.1 Å². The number of unbranched alkanes of at least 4 members (excludes halogenated alkanes) is 2. The maximum Gasteiger partial charge on any atom is 0.108 e. The number of hydrogen-bond acceptors (Lipinski definition) is 1. The molecule has 0 aromatic heterocycles. The van der Waals surface area contributed by atoms with Crippen molar-refractivity contribution in [2.24, 2.45) is 5.92 Å². The summed E-state index contributed by atoms with van der Waals surface area (Å²) in [5.41, 5.74) is 2.26. The van der Waals surface area contributed by atoms with E-state index in [-0.39, 0.29) is 17.8 Å². The molecule has 0 N–H and O–H groups in total. The summed E-state index contributed by atoms with van der Waals surface area (Å²) < 4.78 is 19.6. The lowest BCUT2D eigenvalue weighted by Crippen LogP contribution is -2.13. The lowest BCUT2D eigenvalue weighted by molar-refractivity contribution is 0.142. The molecule has 110 valence electrons. The van der Waals surface area contributed by atoms with Gasteiger partial charge in [0, 0.05) is 13.0 Å². The van der Waals surface area contributed by atoms with Crippen molar-refractivity contribution in [1.82, 2.24) is 0 Å². The molecule has 2 aliphatic rings. The quantitative estimate of drug-likeness (QED) is 0.601. The standard InChI is InChI=1S/C18H25FO/c1-3-4-5-6-14-7-12-17(18(19)13-14)15-8-10-16(20-2)11-9-15/h7-10,13,16-17H,3-6,11-12H2,1-2H3. The molecule has 0 aromatic rings. The van der Waals surface area contributed by atoms with E-state index in [2.05, 4.69) is 19.1 Å². The highest BCUT2D eigenvalue weighted by Gasteiger charge is 2.22. The SMILES string of the molecule is CCCCCC1=CCC(C2=CCC(OC)C=C2)C(F)=C1. The Morgan fingerprint density at radius 1 is 1.25 bits per heavy atom. The van der Waals surface area contributed by atoms with Gasteiger partial charge in [-0.05, 0) is 42.9 Å². The Morgan fingerprint density at radius 2 is 2.10 bits per heavy atom. The van der Waals surface area contributed by atoms with Gasteiger partial charge in [0.1, 0.15) is 5.83 Å². The molecule has 0 saturated heterocycles. The normalized spacial score (nSPS) is 26.1. The molecule has 2 aliphatic carbocycles. The molecule has 2 heteroatoms. The monoisotopic (exact) mass is 276 g/mol. The minimum atomic E-state index is -0.0843. The predicted octanol–water partition coefficient (Wildman–Crippen LogP) is 5.27. The van der Waals surface area contributed by atoms with Gasteiger partial charge in [-0.2, -0.15) is 0 Å². The number of rotatable bonds is 6. The molecule has 0 fully saturated rings. The molecule has 0 heterocycles. The molecule has 2 rings (SSSR count). The van der Waals surface area contributed by atoms with E-state index in [0.29, 0.717) is 0 Å². The Balaban J connectivity index is 1.93. The third-order valence-electron chi connectivity index (χ3n) is 4.14. The van der Waals surface area contributed by atoms with Crippen molar-refractivity contribution in [2.75, 3.05) is 7.11 Å². The van der Waals surface area contributed by atoms with Gasteiger partial charge >= 0.3 is 0 Å². The molecular weight excluding hydrogens is 251 g/mol. The summed E-state index contributed by atoms with van der Waals surface area (Å²) in [6.07, 6.45) is 16.5. The second-order valence-corrected chi connectivity index (χ2v) is 5.63. The zero-order valence-corrected chi connectivity index (χ0v) is 12.6. The third kappa shape index (κ3) is 3.92. The fourth-order valence-corrected chi connectivity index (χ4v) is 2.82. The van der Waals surface area contributed by atoms with Crippen LogP contribution in [0.4, 0.5) is 4.39 Å². The van der Waals surface area contributed by atoms with Crippen molar-refractivity contribution >= 4 is 0 Å². The average molecular weight is 276 g/mol. The first kappa shape index (κ1) is 15.2. The van der Waals surface area contributed by atoms with Crippen LogP contribution in [0.5, 0.6) is 0 Å². The largest absolute Gasteiger partial charge is 0.377 e. The summed E-state index contributed by atoms with van der Waals surface area (Å²) in [5, 5.41) is 0. The fraction of sp³-hybridized carbons (Fsp3) is 0.556. The summed E-state index contributed by atoms with van der Waals surface area (Å²) in [7, 11) is 1.71. The lowest BCUT2D eigenvalue weighted by atomic mass is 9.85. The molecular formula is C18H25FO. The van der Waals surface area contributed by atoms with E-state index in [9.17, 15) is 4.39 Å². The van der Waals surface area contributed by atoms with Crippen molar-refractivity contribution in [1.29, 1.82) is 0 Å². The summed E-state index contributed by atoms with van der Waals surface area (Å²) in [6.45, 7) is 2.19. The van der Waals surface area contributed by atoms with Gasteiger partial charge in [0.2, 0.25) is 0 Å². The van der Waals surface area contributed by atoms with Crippen LogP contribution in [-0.2, 0) is 4.74 Å². The van der Waals surface area contributed by atoms with E-state index in [0.717, 1.165) is 31.3 Å². The van der Waals surface area contributed by atoms with Crippen LogP contribution in [0.3, 0.4) is 0 Å². The van der Waals surface area contributed by atoms with E-state index < -0.39 is 0 Å². The highest BCUT2D eigenvalue weighted by Crippen LogP contribution is 2.34. The molecule has 1 nitrogen and oxygen atoms in total. The van der Waals surface area contributed by atoms with E-state index in [1.54, 1.807) is 13.2 Å². The first-order valence-electron chi connectivity index (χ1n) is 7.71. The molecule has 0 aliphatic heterocycles. The van der Waals surface area contributed by atoms with Crippen LogP contribution in [0.2, 0.25) is 0 Å². The molecule has 0 radical (unpaired) electrons. The van der Waals surface area contributed by atoms with Crippen molar-refractivity contribution in [2.45, 2.75) is 51.6 Å². The second-order valence-electron chi connectivity index (χ2n) is 5.63. The van der Waals surface area contributed by atoms with Crippen LogP contribution in [0.25, 0.3) is 0 Å². The van der Waals surface area contributed by atoms with Crippen LogP contribution < -0.4 is 0 Å². The molecule has 0 bridgehead atoms. The van der Waals surface area contributed by atoms with Crippen LogP contribution >= 0.6 is 0 Å². The van der Waals surface area contributed by atoms with Gasteiger partial charge in [0.05, 0.1) is 6.10 Å². The summed E-state index contributed by atoms with van der Waals surface area (Å²) in [6, 6.07) is 0. The van der Waals surface area contributed by atoms with Gasteiger partial charge in [-0.15, -0.1) is 0 Å². The van der Waals surface area contributed by atoms with Crippen molar-refractivity contribution in [3.8, 4) is 0 Å².